The summed E-state index contributed by atoms with van der Waals surface area (Å²) < 4.78 is 0. The number of hydrogen-bond donors (Lipinski definition) is 1. The van der Waals surface area contributed by atoms with Crippen molar-refractivity contribution in [1.29, 1.82) is 0 Å². The first-order valence-electron chi connectivity index (χ1n) is 7.61. The normalized spacial score (nSPS) is 16.2. The fourth-order valence-corrected chi connectivity index (χ4v) is 3.40. The first-order chi connectivity index (χ1) is 11.3. The van der Waals surface area contributed by atoms with Gasteiger partial charge in [0.1, 0.15) is 12.5 Å². The van der Waals surface area contributed by atoms with Gasteiger partial charge in [-0.2, -0.15) is 0 Å². The molecule has 2 aliphatic heterocycles. The minimum Gasteiger partial charge on any atom is -0.346 e. The fourth-order valence-electron chi connectivity index (χ4n) is 3.40. The van der Waals surface area contributed by atoms with Crippen molar-refractivity contribution in [2.75, 3.05) is 23.5 Å². The highest BCUT2D eigenvalue weighted by Crippen LogP contribution is 2.38. The van der Waals surface area contributed by atoms with Crippen LogP contribution in [0.1, 0.15) is 5.56 Å². The van der Waals surface area contributed by atoms with E-state index in [-0.39, 0.29) is 0 Å². The summed E-state index contributed by atoms with van der Waals surface area (Å²) in [5.74, 6) is 1.10. The average Bonchev–Trinajstić information content (AvgIpc) is 3.21. The van der Waals surface area contributed by atoms with E-state index in [0.717, 1.165) is 33.7 Å². The number of anilines is 2. The van der Waals surface area contributed by atoms with Crippen LogP contribution in [0.5, 0.6) is 0 Å². The molecule has 0 radical (unpaired) electrons. The number of H-pyrrole nitrogens is 1. The van der Waals surface area contributed by atoms with E-state index in [1.807, 2.05) is 30.6 Å². The van der Waals surface area contributed by atoms with Gasteiger partial charge in [0.25, 0.3) is 0 Å². The first-order valence-corrected chi connectivity index (χ1v) is 7.61. The number of aromatic amines is 1. The maximum Gasteiger partial charge on any atom is 0.134 e. The SMILES string of the molecule is CN1C=C2C(c3cccc4ncccc34)=NCN2c2cc[nH]c21. The van der Waals surface area contributed by atoms with Crippen LogP contribution in [-0.2, 0) is 0 Å². The minimum atomic E-state index is 0.649. The third kappa shape index (κ3) is 1.67. The molecule has 5 heteroatoms. The van der Waals surface area contributed by atoms with Crippen molar-refractivity contribution in [1.82, 2.24) is 9.97 Å². The number of aliphatic imine (C=N–C) groups is 1. The van der Waals surface area contributed by atoms with E-state index in [1.54, 1.807) is 0 Å². The molecule has 0 spiro atoms. The highest BCUT2D eigenvalue weighted by atomic mass is 15.3. The van der Waals surface area contributed by atoms with Crippen molar-refractivity contribution in [2.24, 2.45) is 4.99 Å². The molecule has 5 rings (SSSR count). The molecule has 5 nitrogen and oxygen atoms in total. The van der Waals surface area contributed by atoms with E-state index in [2.05, 4.69) is 51.2 Å². The lowest BCUT2D eigenvalue weighted by Crippen LogP contribution is -2.29. The molecular weight excluding hydrogens is 286 g/mol. The predicted octanol–water partition coefficient (Wildman–Crippen LogP) is 3.12. The highest BCUT2D eigenvalue weighted by molar-refractivity contribution is 6.22. The molecule has 3 aromatic rings. The highest BCUT2D eigenvalue weighted by Gasteiger charge is 2.31. The Bertz CT molecular complexity index is 977. The Morgan fingerprint density at radius 3 is 3.04 bits per heavy atom. The number of nitrogens with zero attached hydrogens (tertiary/aromatic N) is 4. The number of allylic oxidation sites excluding steroid dienone is 1. The van der Waals surface area contributed by atoms with E-state index >= 15 is 0 Å². The lowest BCUT2D eigenvalue weighted by atomic mass is 10.0. The number of aromatic nitrogens is 2. The molecule has 23 heavy (non-hydrogen) atoms. The summed E-state index contributed by atoms with van der Waals surface area (Å²) >= 11 is 0. The maximum atomic E-state index is 4.82. The Balaban J connectivity index is 1.68. The molecule has 4 heterocycles. The molecule has 0 atom stereocenters. The van der Waals surface area contributed by atoms with Crippen molar-refractivity contribution in [3.63, 3.8) is 0 Å². The summed E-state index contributed by atoms with van der Waals surface area (Å²) in [6, 6.07) is 12.4. The maximum absolute atomic E-state index is 4.82. The Morgan fingerprint density at radius 2 is 2.09 bits per heavy atom. The molecule has 0 saturated heterocycles. The monoisotopic (exact) mass is 301 g/mol. The third-order valence-corrected chi connectivity index (χ3v) is 4.47. The van der Waals surface area contributed by atoms with Gasteiger partial charge in [-0.15, -0.1) is 0 Å². The summed E-state index contributed by atoms with van der Waals surface area (Å²) in [6.07, 6.45) is 5.94. The molecule has 0 saturated carbocycles. The Morgan fingerprint density at radius 1 is 1.13 bits per heavy atom. The Hall–Kier alpha value is -3.08. The van der Waals surface area contributed by atoms with Crippen LogP contribution in [0.2, 0.25) is 0 Å². The van der Waals surface area contributed by atoms with Crippen molar-refractivity contribution in [3.05, 3.63) is 66.3 Å². The standard InChI is InChI=1S/C18H15N5/c1-22-10-16-17(21-11-23(16)15-7-9-20-18(15)22)13-4-2-6-14-12(13)5-3-8-19-14/h2-10,20H,11H2,1H3. The molecule has 0 bridgehead atoms. The van der Waals surface area contributed by atoms with Gasteiger partial charge in [0.05, 0.1) is 22.6 Å². The number of fused-ring (bicyclic) bond motifs is 4. The van der Waals surface area contributed by atoms with Crippen LogP contribution in [0.4, 0.5) is 11.5 Å². The van der Waals surface area contributed by atoms with Gasteiger partial charge in [-0.1, -0.05) is 18.2 Å². The summed E-state index contributed by atoms with van der Waals surface area (Å²) in [5.41, 5.74) is 5.47. The van der Waals surface area contributed by atoms with Gasteiger partial charge in [-0.3, -0.25) is 9.98 Å². The molecule has 0 aliphatic carbocycles. The van der Waals surface area contributed by atoms with Gasteiger partial charge in [0.15, 0.2) is 0 Å². The molecule has 0 unspecified atom stereocenters. The molecule has 2 aromatic heterocycles. The number of nitrogens with one attached hydrogen (secondary N) is 1. The molecular formula is C18H15N5. The minimum absolute atomic E-state index is 0.649. The van der Waals surface area contributed by atoms with Crippen molar-refractivity contribution < 1.29 is 0 Å². The average molecular weight is 301 g/mol. The first kappa shape index (κ1) is 12.5. The second kappa shape index (κ2) is 4.46. The van der Waals surface area contributed by atoms with Crippen LogP contribution in [0.15, 0.2) is 65.7 Å². The zero-order valence-electron chi connectivity index (χ0n) is 12.7. The zero-order valence-corrected chi connectivity index (χ0v) is 12.7. The number of pyridine rings is 1. The van der Waals surface area contributed by atoms with Crippen LogP contribution in [0, 0.1) is 0 Å². The fraction of sp³-hybridized carbons (Fsp3) is 0.111. The number of benzene rings is 1. The van der Waals surface area contributed by atoms with Gasteiger partial charge >= 0.3 is 0 Å². The summed E-state index contributed by atoms with van der Waals surface area (Å²) in [7, 11) is 2.06. The van der Waals surface area contributed by atoms with E-state index in [9.17, 15) is 0 Å². The summed E-state index contributed by atoms with van der Waals surface area (Å²) in [4.78, 5) is 16.9. The molecule has 0 fully saturated rings. The molecule has 2 aliphatic rings. The van der Waals surface area contributed by atoms with Crippen LogP contribution in [-0.4, -0.2) is 29.4 Å². The van der Waals surface area contributed by atoms with E-state index < -0.39 is 0 Å². The molecule has 112 valence electrons. The lowest BCUT2D eigenvalue weighted by Gasteiger charge is -2.29. The van der Waals surface area contributed by atoms with Gasteiger partial charge < -0.3 is 14.8 Å². The van der Waals surface area contributed by atoms with Crippen LogP contribution >= 0.6 is 0 Å². The van der Waals surface area contributed by atoms with E-state index in [4.69, 9.17) is 4.99 Å². The Labute approximate surface area is 133 Å². The van der Waals surface area contributed by atoms with Gasteiger partial charge in [-0.25, -0.2) is 0 Å². The van der Waals surface area contributed by atoms with Crippen LogP contribution in [0.3, 0.4) is 0 Å². The topological polar surface area (TPSA) is 47.5 Å². The molecule has 1 N–H and O–H groups in total. The van der Waals surface area contributed by atoms with Crippen molar-refractivity contribution in [3.8, 4) is 0 Å². The van der Waals surface area contributed by atoms with Gasteiger partial charge in [0.2, 0.25) is 0 Å². The zero-order chi connectivity index (χ0) is 15.4. The second-order valence-corrected chi connectivity index (χ2v) is 5.79. The lowest BCUT2D eigenvalue weighted by molar-refractivity contribution is 0.965. The van der Waals surface area contributed by atoms with E-state index in [1.165, 1.54) is 5.69 Å². The number of hydrogen-bond acceptors (Lipinski definition) is 4. The van der Waals surface area contributed by atoms with Crippen molar-refractivity contribution >= 4 is 28.1 Å². The smallest absolute Gasteiger partial charge is 0.134 e. The van der Waals surface area contributed by atoms with Gasteiger partial charge in [0, 0.05) is 36.6 Å². The number of rotatable bonds is 1. The summed E-state index contributed by atoms with van der Waals surface area (Å²) in [5, 5.41) is 1.14. The quantitative estimate of drug-likeness (QED) is 0.751. The molecule has 0 amide bonds. The predicted molar refractivity (Wildman–Crippen MR) is 92.9 cm³/mol. The second-order valence-electron chi connectivity index (χ2n) is 5.79. The Kier molecular flexibility index (Phi) is 2.42. The largest absolute Gasteiger partial charge is 0.346 e. The molecule has 1 aromatic carbocycles. The summed E-state index contributed by atoms with van der Waals surface area (Å²) in [6.45, 7) is 0.649. The van der Waals surface area contributed by atoms with E-state index in [0.29, 0.717) is 6.67 Å². The van der Waals surface area contributed by atoms with Crippen molar-refractivity contribution in [2.45, 2.75) is 0 Å². The van der Waals surface area contributed by atoms with Gasteiger partial charge in [-0.05, 0) is 18.2 Å². The van der Waals surface area contributed by atoms with Crippen LogP contribution < -0.4 is 9.80 Å². The van der Waals surface area contributed by atoms with Crippen LogP contribution in [0.25, 0.3) is 10.9 Å². The third-order valence-electron chi connectivity index (χ3n) is 4.47.